The van der Waals surface area contributed by atoms with E-state index in [1.165, 1.54) is 23.8 Å². The first-order valence-electron chi connectivity index (χ1n) is 12.2. The number of anilines is 1. The zero-order valence-electron chi connectivity index (χ0n) is 19.6. The molecule has 3 N–H and O–H groups in total. The van der Waals surface area contributed by atoms with E-state index < -0.39 is 0 Å². The molecule has 1 aliphatic rings. The van der Waals surface area contributed by atoms with Gasteiger partial charge in [0.05, 0.1) is 0 Å². The van der Waals surface area contributed by atoms with Crippen LogP contribution in [0.4, 0.5) is 5.69 Å². The van der Waals surface area contributed by atoms with Gasteiger partial charge in [-0.1, -0.05) is 49.2 Å². The predicted molar refractivity (Wildman–Crippen MR) is 137 cm³/mol. The number of para-hydroxylation sites is 2. The number of H-pyrrole nitrogens is 1. The van der Waals surface area contributed by atoms with Gasteiger partial charge in [-0.2, -0.15) is 0 Å². The molecule has 0 unspecified atom stereocenters. The molecule has 0 bridgehead atoms. The minimum absolute atomic E-state index is 0.0610. The molecule has 0 spiro atoms. The molecule has 7 heteroatoms. The van der Waals surface area contributed by atoms with E-state index in [-0.39, 0.29) is 24.7 Å². The van der Waals surface area contributed by atoms with Crippen LogP contribution < -0.4 is 10.6 Å². The molecule has 0 radical (unpaired) electrons. The van der Waals surface area contributed by atoms with Crippen LogP contribution in [0, 0.1) is 0 Å². The van der Waals surface area contributed by atoms with E-state index in [1.54, 1.807) is 0 Å². The highest BCUT2D eigenvalue weighted by atomic mass is 16.2. The van der Waals surface area contributed by atoms with Crippen molar-refractivity contribution < 1.29 is 9.59 Å². The Hall–Kier alpha value is -3.61. The molecule has 178 valence electrons. The Labute approximate surface area is 200 Å². The van der Waals surface area contributed by atoms with Gasteiger partial charge < -0.3 is 15.2 Å². The molecule has 0 atom stereocenters. The molecular weight excluding hydrogens is 426 g/mol. The molecule has 34 heavy (non-hydrogen) atoms. The molecule has 2 heterocycles. The second-order valence-corrected chi connectivity index (χ2v) is 8.67. The number of aromatic nitrogens is 1. The summed E-state index contributed by atoms with van der Waals surface area (Å²) in [7, 11) is 0. The number of amides is 2. The molecule has 0 aliphatic carbocycles. The fraction of sp³-hybridized carbons (Fsp3) is 0.370. The zero-order valence-corrected chi connectivity index (χ0v) is 19.6. The number of rotatable bonds is 7. The Morgan fingerprint density at radius 1 is 0.912 bits per heavy atom. The number of guanidine groups is 1. The molecule has 1 saturated heterocycles. The van der Waals surface area contributed by atoms with Crippen molar-refractivity contribution in [3.05, 3.63) is 66.4 Å². The number of likely N-dealkylation sites (tertiary alicyclic amines) is 1. The molecule has 0 saturated carbocycles. The molecular formula is C27H33N5O2. The largest absolute Gasteiger partial charge is 0.361 e. The normalized spacial score (nSPS) is 14.6. The number of aromatic amines is 1. The SMILES string of the molecule is O=C(CCC(=O)N1CCCCCC1)NC(=NCCc1c[nH]c2ccccc12)Nc1ccccc1. The van der Waals surface area contributed by atoms with Crippen molar-refractivity contribution in [3.8, 4) is 0 Å². The molecule has 1 aromatic heterocycles. The average Bonchev–Trinajstić information content (AvgIpc) is 3.07. The van der Waals surface area contributed by atoms with Crippen molar-refractivity contribution in [1.82, 2.24) is 15.2 Å². The number of fused-ring (bicyclic) bond motifs is 1. The highest BCUT2D eigenvalue weighted by Crippen LogP contribution is 2.18. The van der Waals surface area contributed by atoms with Crippen molar-refractivity contribution in [1.29, 1.82) is 0 Å². The number of hydrogen-bond donors (Lipinski definition) is 3. The predicted octanol–water partition coefficient (Wildman–Crippen LogP) is 4.48. The van der Waals surface area contributed by atoms with Gasteiger partial charge in [0.2, 0.25) is 17.8 Å². The quantitative estimate of drug-likeness (QED) is 0.360. The maximum Gasteiger partial charge on any atom is 0.227 e. The number of carbonyl (C=O) groups excluding carboxylic acids is 2. The van der Waals surface area contributed by atoms with Crippen LogP contribution in [0.15, 0.2) is 65.8 Å². The molecule has 1 fully saturated rings. The third-order valence-electron chi connectivity index (χ3n) is 6.15. The molecule has 1 aliphatic heterocycles. The minimum Gasteiger partial charge on any atom is -0.361 e. The van der Waals surface area contributed by atoms with Crippen LogP contribution in [0.25, 0.3) is 10.9 Å². The van der Waals surface area contributed by atoms with Gasteiger partial charge in [0.15, 0.2) is 0 Å². The molecule has 4 rings (SSSR count). The molecule has 7 nitrogen and oxygen atoms in total. The lowest BCUT2D eigenvalue weighted by Crippen LogP contribution is -2.37. The lowest BCUT2D eigenvalue weighted by Gasteiger charge is -2.20. The summed E-state index contributed by atoms with van der Waals surface area (Å²) in [6, 6.07) is 17.8. The first-order chi connectivity index (χ1) is 16.7. The summed E-state index contributed by atoms with van der Waals surface area (Å²) in [6.45, 7) is 2.12. The smallest absolute Gasteiger partial charge is 0.227 e. The highest BCUT2D eigenvalue weighted by Gasteiger charge is 2.17. The topological polar surface area (TPSA) is 89.6 Å². The minimum atomic E-state index is -0.211. The van der Waals surface area contributed by atoms with Crippen molar-refractivity contribution in [2.45, 2.75) is 44.9 Å². The summed E-state index contributed by atoms with van der Waals surface area (Å²) in [5, 5.41) is 7.26. The van der Waals surface area contributed by atoms with Gasteiger partial charge in [-0.25, -0.2) is 0 Å². The number of nitrogens with one attached hydrogen (secondary N) is 3. The number of aliphatic imine (C=N–C) groups is 1. The Kier molecular flexibility index (Phi) is 8.32. The standard InChI is InChI=1S/C27H33N5O2/c33-25(14-15-26(34)32-18-8-1-2-9-19-32)31-27(30-22-10-4-3-5-11-22)28-17-16-21-20-29-24-13-7-6-12-23(21)24/h3-7,10-13,20,29H,1-2,8-9,14-19H2,(H2,28,30,31,33). The van der Waals surface area contributed by atoms with E-state index in [4.69, 9.17) is 0 Å². The van der Waals surface area contributed by atoms with Crippen LogP contribution >= 0.6 is 0 Å². The van der Waals surface area contributed by atoms with Gasteiger partial charge in [0.1, 0.15) is 0 Å². The molecule has 2 amide bonds. The van der Waals surface area contributed by atoms with E-state index in [0.29, 0.717) is 12.5 Å². The maximum atomic E-state index is 12.7. The van der Waals surface area contributed by atoms with E-state index >= 15 is 0 Å². The summed E-state index contributed by atoms with van der Waals surface area (Å²) in [5.74, 6) is 0.251. The second-order valence-electron chi connectivity index (χ2n) is 8.67. The Bertz CT molecular complexity index is 1110. The summed E-state index contributed by atoms with van der Waals surface area (Å²) in [6.07, 6.45) is 7.57. The van der Waals surface area contributed by atoms with Gasteiger partial charge >= 0.3 is 0 Å². The monoisotopic (exact) mass is 459 g/mol. The zero-order chi connectivity index (χ0) is 23.6. The lowest BCUT2D eigenvalue weighted by atomic mass is 10.1. The Morgan fingerprint density at radius 3 is 2.44 bits per heavy atom. The molecule has 3 aromatic rings. The Balaban J connectivity index is 1.35. The maximum absolute atomic E-state index is 12.7. The van der Waals surface area contributed by atoms with E-state index in [1.807, 2.05) is 53.6 Å². The fourth-order valence-electron chi connectivity index (χ4n) is 4.29. The van der Waals surface area contributed by atoms with E-state index in [0.717, 1.165) is 43.6 Å². The van der Waals surface area contributed by atoms with Crippen LogP contribution in [-0.2, 0) is 16.0 Å². The van der Waals surface area contributed by atoms with Gasteiger partial charge in [0.25, 0.3) is 0 Å². The van der Waals surface area contributed by atoms with Gasteiger partial charge in [-0.05, 0) is 43.0 Å². The van der Waals surface area contributed by atoms with Gasteiger partial charge in [0, 0.05) is 55.3 Å². The second kappa shape index (κ2) is 12.0. The average molecular weight is 460 g/mol. The van der Waals surface area contributed by atoms with Crippen molar-refractivity contribution in [3.63, 3.8) is 0 Å². The lowest BCUT2D eigenvalue weighted by molar-refractivity contribution is -0.133. The van der Waals surface area contributed by atoms with Crippen LogP contribution in [-0.4, -0.2) is 47.3 Å². The number of hydrogen-bond acceptors (Lipinski definition) is 3. The van der Waals surface area contributed by atoms with Gasteiger partial charge in [-0.15, -0.1) is 0 Å². The highest BCUT2D eigenvalue weighted by molar-refractivity contribution is 6.04. The summed E-state index contributed by atoms with van der Waals surface area (Å²) >= 11 is 0. The van der Waals surface area contributed by atoms with Crippen LogP contribution in [0.5, 0.6) is 0 Å². The number of benzene rings is 2. The summed E-state index contributed by atoms with van der Waals surface area (Å²) < 4.78 is 0. The van der Waals surface area contributed by atoms with Crippen molar-refractivity contribution in [2.24, 2.45) is 4.99 Å². The van der Waals surface area contributed by atoms with Crippen LogP contribution in [0.3, 0.4) is 0 Å². The number of nitrogens with zero attached hydrogens (tertiary/aromatic N) is 2. The van der Waals surface area contributed by atoms with E-state index in [9.17, 15) is 9.59 Å². The van der Waals surface area contributed by atoms with Crippen molar-refractivity contribution >= 4 is 34.4 Å². The third kappa shape index (κ3) is 6.70. The number of carbonyl (C=O) groups is 2. The Morgan fingerprint density at radius 2 is 1.65 bits per heavy atom. The fourth-order valence-corrected chi connectivity index (χ4v) is 4.29. The molecule has 2 aromatic carbocycles. The summed E-state index contributed by atoms with van der Waals surface area (Å²) in [5.41, 5.74) is 3.13. The van der Waals surface area contributed by atoms with Gasteiger partial charge in [-0.3, -0.25) is 19.9 Å². The van der Waals surface area contributed by atoms with Crippen molar-refractivity contribution in [2.75, 3.05) is 25.0 Å². The van der Waals surface area contributed by atoms with Crippen LogP contribution in [0.1, 0.15) is 44.1 Å². The van der Waals surface area contributed by atoms with Crippen LogP contribution in [0.2, 0.25) is 0 Å². The van der Waals surface area contributed by atoms with E-state index in [2.05, 4.69) is 32.7 Å². The first kappa shape index (κ1) is 23.5. The summed E-state index contributed by atoms with van der Waals surface area (Å²) in [4.78, 5) is 35.0. The first-order valence-corrected chi connectivity index (χ1v) is 12.2. The third-order valence-corrected chi connectivity index (χ3v) is 6.15.